The molecule has 0 radical (unpaired) electrons. The van der Waals surface area contributed by atoms with Gasteiger partial charge in [0.15, 0.2) is 0 Å². The number of nitrogens with zero attached hydrogens (tertiary/aromatic N) is 2. The maximum absolute atomic E-state index is 11.2. The second kappa shape index (κ2) is 3.70. The Hall–Kier alpha value is -1.16. The number of rotatable bonds is 3. The van der Waals surface area contributed by atoms with Crippen LogP contribution < -0.4 is 10.9 Å². The highest BCUT2D eigenvalue weighted by Gasteiger charge is 2.16. The summed E-state index contributed by atoms with van der Waals surface area (Å²) in [6, 6.07) is 3.22. The lowest BCUT2D eigenvalue weighted by molar-refractivity contribution is 0.304. The molecule has 70 valence electrons. The van der Waals surface area contributed by atoms with Gasteiger partial charge in [0.2, 0.25) is 0 Å². The van der Waals surface area contributed by atoms with Crippen molar-refractivity contribution in [2.45, 2.75) is 13.0 Å². The predicted molar refractivity (Wildman–Crippen MR) is 49.5 cm³/mol. The Morgan fingerprint density at radius 1 is 1.62 bits per heavy atom. The van der Waals surface area contributed by atoms with Crippen LogP contribution in [0.1, 0.15) is 6.42 Å². The molecule has 1 fully saturated rings. The fourth-order valence-electron chi connectivity index (χ4n) is 1.41. The lowest BCUT2D eigenvalue weighted by Crippen LogP contribution is -2.42. The molecule has 1 aromatic heterocycles. The SMILES string of the molecule is O=c1cccnn1CCC1CNC1. The molecule has 0 aliphatic carbocycles. The van der Waals surface area contributed by atoms with Gasteiger partial charge in [-0.2, -0.15) is 5.10 Å². The maximum atomic E-state index is 11.2. The molecule has 1 aliphatic heterocycles. The first-order chi connectivity index (χ1) is 6.36. The summed E-state index contributed by atoms with van der Waals surface area (Å²) in [7, 11) is 0. The smallest absolute Gasteiger partial charge is 0.266 e. The lowest BCUT2D eigenvalue weighted by atomic mass is 10.00. The zero-order chi connectivity index (χ0) is 9.10. The van der Waals surface area contributed by atoms with Crippen LogP contribution in [-0.2, 0) is 6.54 Å². The van der Waals surface area contributed by atoms with E-state index >= 15 is 0 Å². The number of hydrogen-bond donors (Lipinski definition) is 1. The summed E-state index contributed by atoms with van der Waals surface area (Å²) in [5.41, 5.74) is -0.00483. The van der Waals surface area contributed by atoms with Gasteiger partial charge in [0.25, 0.3) is 5.56 Å². The molecule has 4 nitrogen and oxygen atoms in total. The zero-order valence-corrected chi connectivity index (χ0v) is 7.44. The van der Waals surface area contributed by atoms with Gasteiger partial charge >= 0.3 is 0 Å². The molecule has 0 bridgehead atoms. The fraction of sp³-hybridized carbons (Fsp3) is 0.556. The summed E-state index contributed by atoms with van der Waals surface area (Å²) in [6.07, 6.45) is 2.70. The normalized spacial score (nSPS) is 16.9. The van der Waals surface area contributed by atoms with Crippen molar-refractivity contribution in [1.29, 1.82) is 0 Å². The van der Waals surface area contributed by atoms with E-state index in [1.165, 1.54) is 4.68 Å². The molecular weight excluding hydrogens is 166 g/mol. The van der Waals surface area contributed by atoms with E-state index in [4.69, 9.17) is 0 Å². The minimum atomic E-state index is -0.00483. The van der Waals surface area contributed by atoms with Crippen molar-refractivity contribution in [1.82, 2.24) is 15.1 Å². The van der Waals surface area contributed by atoms with Crippen molar-refractivity contribution in [3.63, 3.8) is 0 Å². The number of nitrogens with one attached hydrogen (secondary N) is 1. The molecule has 4 heteroatoms. The highest BCUT2D eigenvalue weighted by atomic mass is 16.1. The van der Waals surface area contributed by atoms with Crippen LogP contribution >= 0.6 is 0 Å². The molecule has 0 spiro atoms. The Kier molecular flexibility index (Phi) is 2.40. The van der Waals surface area contributed by atoms with Crippen LogP contribution in [0.4, 0.5) is 0 Å². The van der Waals surface area contributed by atoms with E-state index < -0.39 is 0 Å². The number of hydrogen-bond acceptors (Lipinski definition) is 3. The molecule has 1 aliphatic rings. The quantitative estimate of drug-likeness (QED) is 0.702. The van der Waals surface area contributed by atoms with Gasteiger partial charge < -0.3 is 5.32 Å². The molecule has 13 heavy (non-hydrogen) atoms. The van der Waals surface area contributed by atoms with E-state index in [0.717, 1.165) is 32.0 Å². The van der Waals surface area contributed by atoms with E-state index in [1.54, 1.807) is 18.3 Å². The minimum absolute atomic E-state index is 0.00483. The van der Waals surface area contributed by atoms with Gasteiger partial charge in [-0.05, 0) is 31.5 Å². The highest BCUT2D eigenvalue weighted by Crippen LogP contribution is 2.08. The van der Waals surface area contributed by atoms with E-state index in [1.807, 2.05) is 0 Å². The summed E-state index contributed by atoms with van der Waals surface area (Å²) in [5, 5.41) is 7.20. The number of aromatic nitrogens is 2. The van der Waals surface area contributed by atoms with Crippen molar-refractivity contribution < 1.29 is 0 Å². The largest absolute Gasteiger partial charge is 0.316 e. The lowest BCUT2D eigenvalue weighted by Gasteiger charge is -2.26. The van der Waals surface area contributed by atoms with Crippen LogP contribution in [0, 0.1) is 5.92 Å². The first kappa shape index (κ1) is 8.44. The fourth-order valence-corrected chi connectivity index (χ4v) is 1.41. The van der Waals surface area contributed by atoms with E-state index in [-0.39, 0.29) is 5.56 Å². The minimum Gasteiger partial charge on any atom is -0.316 e. The van der Waals surface area contributed by atoms with Gasteiger partial charge in [0, 0.05) is 18.8 Å². The standard InChI is InChI=1S/C9H13N3O/c13-9-2-1-4-11-12(9)5-3-8-6-10-7-8/h1-2,4,8,10H,3,5-7H2. The Bertz CT molecular complexity index is 330. The van der Waals surface area contributed by atoms with Crippen LogP contribution in [-0.4, -0.2) is 22.9 Å². The molecule has 0 saturated carbocycles. The Morgan fingerprint density at radius 2 is 2.46 bits per heavy atom. The van der Waals surface area contributed by atoms with Gasteiger partial charge in [-0.15, -0.1) is 0 Å². The van der Waals surface area contributed by atoms with Gasteiger partial charge in [-0.25, -0.2) is 4.68 Å². The topological polar surface area (TPSA) is 46.9 Å². The van der Waals surface area contributed by atoms with Crippen molar-refractivity contribution in [2.75, 3.05) is 13.1 Å². The molecule has 0 unspecified atom stereocenters. The zero-order valence-electron chi connectivity index (χ0n) is 7.44. The highest BCUT2D eigenvalue weighted by molar-refractivity contribution is 4.85. The van der Waals surface area contributed by atoms with Crippen molar-refractivity contribution in [3.05, 3.63) is 28.7 Å². The first-order valence-electron chi connectivity index (χ1n) is 4.59. The maximum Gasteiger partial charge on any atom is 0.266 e. The van der Waals surface area contributed by atoms with Gasteiger partial charge in [0.05, 0.1) is 0 Å². The van der Waals surface area contributed by atoms with Crippen LogP contribution in [0.15, 0.2) is 23.1 Å². The van der Waals surface area contributed by atoms with Gasteiger partial charge in [-0.1, -0.05) is 0 Å². The molecule has 0 amide bonds. The van der Waals surface area contributed by atoms with Crippen LogP contribution in [0.5, 0.6) is 0 Å². The molecule has 2 rings (SSSR count). The monoisotopic (exact) mass is 179 g/mol. The van der Waals surface area contributed by atoms with Crippen molar-refractivity contribution in [3.8, 4) is 0 Å². The van der Waals surface area contributed by atoms with Crippen molar-refractivity contribution >= 4 is 0 Å². The molecule has 2 heterocycles. The van der Waals surface area contributed by atoms with Crippen molar-refractivity contribution in [2.24, 2.45) is 5.92 Å². The third-order valence-corrected chi connectivity index (χ3v) is 2.40. The third-order valence-electron chi connectivity index (χ3n) is 2.40. The summed E-state index contributed by atoms with van der Waals surface area (Å²) in [5.74, 6) is 0.730. The van der Waals surface area contributed by atoms with Crippen LogP contribution in [0.2, 0.25) is 0 Å². The third kappa shape index (κ3) is 1.95. The van der Waals surface area contributed by atoms with Gasteiger partial charge in [0.1, 0.15) is 0 Å². The van der Waals surface area contributed by atoms with E-state index in [0.29, 0.717) is 0 Å². The van der Waals surface area contributed by atoms with Crippen LogP contribution in [0.3, 0.4) is 0 Å². The first-order valence-corrected chi connectivity index (χ1v) is 4.59. The Labute approximate surface area is 76.6 Å². The predicted octanol–water partition coefficient (Wildman–Crippen LogP) is -0.147. The Balaban J connectivity index is 1.93. The summed E-state index contributed by atoms with van der Waals surface area (Å²) in [6.45, 7) is 2.91. The molecular formula is C9H13N3O. The molecule has 1 N–H and O–H groups in total. The van der Waals surface area contributed by atoms with E-state index in [9.17, 15) is 4.79 Å². The molecule has 1 saturated heterocycles. The van der Waals surface area contributed by atoms with Crippen LogP contribution in [0.25, 0.3) is 0 Å². The summed E-state index contributed by atoms with van der Waals surface area (Å²) >= 11 is 0. The second-order valence-electron chi connectivity index (χ2n) is 3.40. The second-order valence-corrected chi connectivity index (χ2v) is 3.40. The van der Waals surface area contributed by atoms with E-state index in [2.05, 4.69) is 10.4 Å². The molecule has 0 atom stereocenters. The summed E-state index contributed by atoms with van der Waals surface area (Å²) < 4.78 is 1.53. The average molecular weight is 179 g/mol. The van der Waals surface area contributed by atoms with Gasteiger partial charge in [-0.3, -0.25) is 4.79 Å². The molecule has 1 aromatic rings. The average Bonchev–Trinajstić information content (AvgIpc) is 2.05. The number of aryl methyl sites for hydroxylation is 1. The molecule has 0 aromatic carbocycles. The summed E-state index contributed by atoms with van der Waals surface area (Å²) in [4.78, 5) is 11.2. The Morgan fingerprint density at radius 3 is 3.08 bits per heavy atom.